The standard InChI is InChI=1S/C17H24O3/c1-6-20-16(19)12(2)14(17(3,4)5)15(18)13-10-8-7-9-11-13/h7-12,14H,6H2,1-5H3. The van der Waals surface area contributed by atoms with Gasteiger partial charge in [-0.3, -0.25) is 9.59 Å². The van der Waals surface area contributed by atoms with E-state index in [1.54, 1.807) is 26.0 Å². The fourth-order valence-electron chi connectivity index (χ4n) is 2.56. The number of carbonyl (C=O) groups excluding carboxylic acids is 2. The Morgan fingerprint density at radius 2 is 1.70 bits per heavy atom. The molecule has 0 aliphatic heterocycles. The van der Waals surface area contributed by atoms with Crippen LogP contribution in [0.1, 0.15) is 45.0 Å². The third-order valence-corrected chi connectivity index (χ3v) is 3.43. The van der Waals surface area contributed by atoms with Gasteiger partial charge in [-0.2, -0.15) is 0 Å². The lowest BCUT2D eigenvalue weighted by atomic mass is 9.70. The Kier molecular flexibility index (Phi) is 5.49. The van der Waals surface area contributed by atoms with E-state index in [1.807, 2.05) is 39.0 Å². The molecule has 1 aromatic rings. The minimum Gasteiger partial charge on any atom is -0.466 e. The number of hydrogen-bond acceptors (Lipinski definition) is 3. The highest BCUT2D eigenvalue weighted by molar-refractivity contribution is 6.00. The second-order valence-electron chi connectivity index (χ2n) is 6.11. The Morgan fingerprint density at radius 3 is 2.15 bits per heavy atom. The molecule has 0 saturated carbocycles. The van der Waals surface area contributed by atoms with Crippen molar-refractivity contribution >= 4 is 11.8 Å². The van der Waals surface area contributed by atoms with E-state index in [4.69, 9.17) is 4.74 Å². The molecule has 3 heteroatoms. The van der Waals surface area contributed by atoms with E-state index in [9.17, 15) is 9.59 Å². The zero-order chi connectivity index (χ0) is 15.3. The van der Waals surface area contributed by atoms with E-state index in [1.165, 1.54) is 0 Å². The number of esters is 1. The summed E-state index contributed by atoms with van der Waals surface area (Å²) < 4.78 is 5.07. The minimum absolute atomic E-state index is 0.00125. The molecule has 1 aromatic carbocycles. The molecule has 110 valence electrons. The van der Waals surface area contributed by atoms with Crippen LogP contribution in [0, 0.1) is 17.3 Å². The second kappa shape index (κ2) is 6.69. The summed E-state index contributed by atoms with van der Waals surface area (Å²) in [6.45, 7) is 9.82. The Morgan fingerprint density at radius 1 is 1.15 bits per heavy atom. The largest absolute Gasteiger partial charge is 0.466 e. The maximum atomic E-state index is 12.7. The van der Waals surface area contributed by atoms with Crippen molar-refractivity contribution < 1.29 is 14.3 Å². The third-order valence-electron chi connectivity index (χ3n) is 3.43. The third kappa shape index (κ3) is 3.92. The Labute approximate surface area is 121 Å². The van der Waals surface area contributed by atoms with Gasteiger partial charge in [0, 0.05) is 11.5 Å². The van der Waals surface area contributed by atoms with Crippen molar-refractivity contribution in [3.05, 3.63) is 35.9 Å². The van der Waals surface area contributed by atoms with Crippen LogP contribution in [0.25, 0.3) is 0 Å². The van der Waals surface area contributed by atoms with Gasteiger partial charge in [-0.05, 0) is 12.3 Å². The lowest BCUT2D eigenvalue weighted by Gasteiger charge is -2.33. The quantitative estimate of drug-likeness (QED) is 0.608. The molecule has 0 N–H and O–H groups in total. The van der Waals surface area contributed by atoms with E-state index < -0.39 is 11.8 Å². The van der Waals surface area contributed by atoms with Crippen molar-refractivity contribution in [1.82, 2.24) is 0 Å². The van der Waals surface area contributed by atoms with Crippen LogP contribution in [-0.2, 0) is 9.53 Å². The van der Waals surface area contributed by atoms with Crippen LogP contribution >= 0.6 is 0 Å². The normalized spacial score (nSPS) is 14.4. The zero-order valence-electron chi connectivity index (χ0n) is 13.0. The van der Waals surface area contributed by atoms with Gasteiger partial charge in [-0.25, -0.2) is 0 Å². The van der Waals surface area contributed by atoms with Crippen LogP contribution in [0.4, 0.5) is 0 Å². The van der Waals surface area contributed by atoms with Crippen molar-refractivity contribution in [2.24, 2.45) is 17.3 Å². The summed E-state index contributed by atoms with van der Waals surface area (Å²) in [4.78, 5) is 24.7. The molecule has 2 atom stereocenters. The predicted octanol–water partition coefficient (Wildman–Crippen LogP) is 3.73. The van der Waals surface area contributed by atoms with Crippen molar-refractivity contribution in [2.75, 3.05) is 6.61 Å². The van der Waals surface area contributed by atoms with Gasteiger partial charge in [0.25, 0.3) is 0 Å². The summed E-state index contributed by atoms with van der Waals surface area (Å²) in [5.74, 6) is -1.16. The molecular weight excluding hydrogens is 252 g/mol. The van der Waals surface area contributed by atoms with E-state index in [0.29, 0.717) is 12.2 Å². The molecule has 20 heavy (non-hydrogen) atoms. The monoisotopic (exact) mass is 276 g/mol. The van der Waals surface area contributed by atoms with Gasteiger partial charge in [-0.15, -0.1) is 0 Å². The van der Waals surface area contributed by atoms with Gasteiger partial charge in [-0.1, -0.05) is 58.0 Å². The van der Waals surface area contributed by atoms with Crippen LogP contribution in [0.3, 0.4) is 0 Å². The topological polar surface area (TPSA) is 43.4 Å². The highest BCUT2D eigenvalue weighted by atomic mass is 16.5. The zero-order valence-corrected chi connectivity index (χ0v) is 13.0. The molecule has 0 saturated heterocycles. The van der Waals surface area contributed by atoms with Crippen LogP contribution in [0.15, 0.2) is 30.3 Å². The highest BCUT2D eigenvalue weighted by Gasteiger charge is 2.40. The number of hydrogen-bond donors (Lipinski definition) is 0. The fourth-order valence-corrected chi connectivity index (χ4v) is 2.56. The van der Waals surface area contributed by atoms with Crippen LogP contribution < -0.4 is 0 Å². The van der Waals surface area contributed by atoms with Crippen LogP contribution in [0.2, 0.25) is 0 Å². The first-order valence-corrected chi connectivity index (χ1v) is 7.05. The number of ether oxygens (including phenoxy) is 1. The summed E-state index contributed by atoms with van der Waals surface area (Å²) in [6.07, 6.45) is 0. The first kappa shape index (κ1) is 16.4. The lowest BCUT2D eigenvalue weighted by molar-refractivity contribution is -0.150. The van der Waals surface area contributed by atoms with Crippen LogP contribution in [0.5, 0.6) is 0 Å². The molecule has 0 radical (unpaired) electrons. The van der Waals surface area contributed by atoms with Gasteiger partial charge in [0.1, 0.15) is 0 Å². The molecular formula is C17H24O3. The maximum absolute atomic E-state index is 12.7. The Bertz CT molecular complexity index is 457. The SMILES string of the molecule is CCOC(=O)C(C)C(C(=O)c1ccccc1)C(C)(C)C. The van der Waals surface area contributed by atoms with E-state index in [0.717, 1.165) is 0 Å². The van der Waals surface area contributed by atoms with Crippen LogP contribution in [-0.4, -0.2) is 18.4 Å². The number of benzene rings is 1. The number of carbonyl (C=O) groups is 2. The highest BCUT2D eigenvalue weighted by Crippen LogP contribution is 2.35. The number of Topliss-reactive ketones (excluding diaryl/α,β-unsaturated/α-hetero) is 1. The molecule has 1 rings (SSSR count). The fraction of sp³-hybridized carbons (Fsp3) is 0.529. The minimum atomic E-state index is -0.456. The number of ketones is 1. The summed E-state index contributed by atoms with van der Waals surface area (Å²) in [7, 11) is 0. The van der Waals surface area contributed by atoms with Crippen molar-refractivity contribution in [3.8, 4) is 0 Å². The van der Waals surface area contributed by atoms with E-state index in [2.05, 4.69) is 0 Å². The van der Waals surface area contributed by atoms with E-state index in [-0.39, 0.29) is 17.2 Å². The average Bonchev–Trinajstić information content (AvgIpc) is 2.38. The van der Waals surface area contributed by atoms with Gasteiger partial charge in [0.15, 0.2) is 5.78 Å². The summed E-state index contributed by atoms with van der Waals surface area (Å²) in [5.41, 5.74) is 0.336. The maximum Gasteiger partial charge on any atom is 0.309 e. The van der Waals surface area contributed by atoms with Crippen molar-refractivity contribution in [1.29, 1.82) is 0 Å². The Balaban J connectivity index is 3.08. The molecule has 3 nitrogen and oxygen atoms in total. The molecule has 0 heterocycles. The lowest BCUT2D eigenvalue weighted by Crippen LogP contribution is -2.38. The summed E-state index contributed by atoms with van der Waals surface area (Å²) in [6, 6.07) is 9.12. The Hall–Kier alpha value is -1.64. The van der Waals surface area contributed by atoms with Crippen molar-refractivity contribution in [3.63, 3.8) is 0 Å². The molecule has 0 aliphatic rings. The number of rotatable bonds is 5. The molecule has 2 unspecified atom stereocenters. The van der Waals surface area contributed by atoms with E-state index >= 15 is 0 Å². The smallest absolute Gasteiger partial charge is 0.309 e. The van der Waals surface area contributed by atoms with Gasteiger partial charge < -0.3 is 4.74 Å². The molecule has 0 bridgehead atoms. The van der Waals surface area contributed by atoms with Gasteiger partial charge >= 0.3 is 5.97 Å². The molecule has 0 aromatic heterocycles. The molecule has 0 fully saturated rings. The van der Waals surface area contributed by atoms with Gasteiger partial charge in [0.2, 0.25) is 0 Å². The first-order chi connectivity index (χ1) is 9.29. The molecule has 0 aliphatic carbocycles. The molecule has 0 amide bonds. The van der Waals surface area contributed by atoms with Crippen molar-refractivity contribution in [2.45, 2.75) is 34.6 Å². The second-order valence-corrected chi connectivity index (χ2v) is 6.11. The van der Waals surface area contributed by atoms with Gasteiger partial charge in [0.05, 0.1) is 12.5 Å². The molecule has 0 spiro atoms. The summed E-state index contributed by atoms with van der Waals surface area (Å²) in [5, 5.41) is 0. The average molecular weight is 276 g/mol. The predicted molar refractivity (Wildman–Crippen MR) is 79.5 cm³/mol. The summed E-state index contributed by atoms with van der Waals surface area (Å²) >= 11 is 0. The first-order valence-electron chi connectivity index (χ1n) is 7.05.